The van der Waals surface area contributed by atoms with Crippen molar-refractivity contribution in [2.75, 3.05) is 21.9 Å². The minimum absolute atomic E-state index is 0.0376. The number of carbonyl (C=O) groups excluding carboxylic acids is 1. The van der Waals surface area contributed by atoms with Gasteiger partial charge in [0, 0.05) is 23.5 Å². The van der Waals surface area contributed by atoms with Gasteiger partial charge < -0.3 is 5.32 Å². The molecule has 1 amide bonds. The summed E-state index contributed by atoms with van der Waals surface area (Å²) < 4.78 is 25.5. The predicted molar refractivity (Wildman–Crippen MR) is 98.2 cm³/mol. The number of hydrogen-bond acceptors (Lipinski definition) is 4. The summed E-state index contributed by atoms with van der Waals surface area (Å²) in [5, 5.41) is 4.88. The second-order valence-corrected chi connectivity index (χ2v) is 8.92. The van der Waals surface area contributed by atoms with E-state index in [1.807, 2.05) is 30.5 Å². The molecule has 1 saturated heterocycles. The van der Waals surface area contributed by atoms with Gasteiger partial charge in [-0.15, -0.1) is 11.3 Å². The number of carbonyl (C=O) groups is 1. The SMILES string of the molecule is Cc1cc(NC(=O)CCc2cccs2)ccc1N1CCCS1(=O)=O. The van der Waals surface area contributed by atoms with Gasteiger partial charge in [-0.2, -0.15) is 0 Å². The first kappa shape index (κ1) is 17.0. The number of benzene rings is 1. The molecule has 1 aromatic carbocycles. The molecular formula is C17H20N2O3S2. The Morgan fingerprint density at radius 2 is 2.17 bits per heavy atom. The van der Waals surface area contributed by atoms with Crippen LogP contribution in [0.2, 0.25) is 0 Å². The molecule has 0 unspecified atom stereocenters. The number of anilines is 2. The number of aryl methyl sites for hydroxylation is 2. The van der Waals surface area contributed by atoms with E-state index in [1.54, 1.807) is 23.5 Å². The maximum atomic E-state index is 12.1. The molecule has 3 rings (SSSR count). The molecule has 0 saturated carbocycles. The highest BCUT2D eigenvalue weighted by Crippen LogP contribution is 2.29. The lowest BCUT2D eigenvalue weighted by Crippen LogP contribution is -2.25. The van der Waals surface area contributed by atoms with E-state index >= 15 is 0 Å². The maximum Gasteiger partial charge on any atom is 0.235 e. The van der Waals surface area contributed by atoms with Gasteiger partial charge in [0.25, 0.3) is 0 Å². The van der Waals surface area contributed by atoms with Gasteiger partial charge in [-0.25, -0.2) is 8.42 Å². The lowest BCUT2D eigenvalue weighted by atomic mass is 10.1. The van der Waals surface area contributed by atoms with Crippen LogP contribution in [-0.2, 0) is 21.2 Å². The molecule has 2 heterocycles. The van der Waals surface area contributed by atoms with E-state index in [-0.39, 0.29) is 11.7 Å². The van der Waals surface area contributed by atoms with Gasteiger partial charge in [-0.1, -0.05) is 6.07 Å². The largest absolute Gasteiger partial charge is 0.326 e. The zero-order chi connectivity index (χ0) is 17.2. The van der Waals surface area contributed by atoms with Crippen LogP contribution in [0, 0.1) is 6.92 Å². The molecule has 1 fully saturated rings. The molecule has 0 bridgehead atoms. The Morgan fingerprint density at radius 3 is 2.79 bits per heavy atom. The molecule has 128 valence electrons. The second-order valence-electron chi connectivity index (χ2n) is 5.87. The third-order valence-corrected chi connectivity index (χ3v) is 6.82. The molecule has 24 heavy (non-hydrogen) atoms. The number of rotatable bonds is 5. The van der Waals surface area contributed by atoms with Crippen LogP contribution in [0.3, 0.4) is 0 Å². The van der Waals surface area contributed by atoms with Crippen molar-refractivity contribution in [1.29, 1.82) is 0 Å². The Morgan fingerprint density at radius 1 is 1.33 bits per heavy atom. The monoisotopic (exact) mass is 364 g/mol. The fourth-order valence-corrected chi connectivity index (χ4v) is 5.17. The molecule has 2 aromatic rings. The number of thiophene rings is 1. The second kappa shape index (κ2) is 6.94. The summed E-state index contributed by atoms with van der Waals surface area (Å²) in [6.45, 7) is 2.39. The van der Waals surface area contributed by atoms with Crippen LogP contribution >= 0.6 is 11.3 Å². The summed E-state index contributed by atoms with van der Waals surface area (Å²) in [4.78, 5) is 13.2. The van der Waals surface area contributed by atoms with Crippen LogP contribution in [0.25, 0.3) is 0 Å². The minimum atomic E-state index is -3.19. The molecule has 1 N–H and O–H groups in total. The van der Waals surface area contributed by atoms with Crippen molar-refractivity contribution >= 4 is 38.6 Å². The lowest BCUT2D eigenvalue weighted by Gasteiger charge is -2.20. The summed E-state index contributed by atoms with van der Waals surface area (Å²) in [5.41, 5.74) is 2.24. The van der Waals surface area contributed by atoms with Crippen molar-refractivity contribution in [3.8, 4) is 0 Å². The lowest BCUT2D eigenvalue weighted by molar-refractivity contribution is -0.116. The summed E-state index contributed by atoms with van der Waals surface area (Å²) in [6.07, 6.45) is 1.82. The van der Waals surface area contributed by atoms with Crippen molar-refractivity contribution < 1.29 is 13.2 Å². The highest BCUT2D eigenvalue weighted by molar-refractivity contribution is 7.93. The zero-order valence-corrected chi connectivity index (χ0v) is 15.1. The first-order chi connectivity index (χ1) is 11.5. The quantitative estimate of drug-likeness (QED) is 0.886. The number of hydrogen-bond donors (Lipinski definition) is 1. The van der Waals surface area contributed by atoms with Crippen LogP contribution in [0.15, 0.2) is 35.7 Å². The van der Waals surface area contributed by atoms with Crippen molar-refractivity contribution in [3.05, 3.63) is 46.2 Å². The standard InChI is InChI=1S/C17H20N2O3S2/c1-13-12-14(18-17(20)8-6-15-4-2-10-23-15)5-7-16(13)19-9-3-11-24(19,21)22/h2,4-5,7,10,12H,3,6,8-9,11H2,1H3,(H,18,20). The van der Waals surface area contributed by atoms with Crippen LogP contribution in [0.1, 0.15) is 23.3 Å². The molecule has 0 atom stereocenters. The fraction of sp³-hybridized carbons (Fsp3) is 0.353. The molecule has 0 spiro atoms. The Balaban J connectivity index is 1.65. The van der Waals surface area contributed by atoms with E-state index in [4.69, 9.17) is 0 Å². The average molecular weight is 364 g/mol. The summed E-state index contributed by atoms with van der Waals surface area (Å²) in [5.74, 6) is 0.164. The number of amides is 1. The average Bonchev–Trinajstić information content (AvgIpc) is 3.15. The number of sulfonamides is 1. The van der Waals surface area contributed by atoms with E-state index in [0.717, 1.165) is 12.0 Å². The number of nitrogens with one attached hydrogen (secondary N) is 1. The first-order valence-corrected chi connectivity index (χ1v) is 10.4. The van der Waals surface area contributed by atoms with Crippen LogP contribution in [-0.4, -0.2) is 26.6 Å². The maximum absolute atomic E-state index is 12.1. The summed E-state index contributed by atoms with van der Waals surface area (Å²) in [7, 11) is -3.19. The van der Waals surface area contributed by atoms with E-state index in [9.17, 15) is 13.2 Å². The molecule has 5 nitrogen and oxygen atoms in total. The van der Waals surface area contributed by atoms with E-state index in [2.05, 4.69) is 5.32 Å². The predicted octanol–water partition coefficient (Wildman–Crippen LogP) is 3.17. The van der Waals surface area contributed by atoms with Gasteiger partial charge in [-0.05, 0) is 55.0 Å². The Bertz CT molecular complexity index is 830. The van der Waals surface area contributed by atoms with Crippen LogP contribution < -0.4 is 9.62 Å². The van der Waals surface area contributed by atoms with Gasteiger partial charge in [0.2, 0.25) is 15.9 Å². The first-order valence-electron chi connectivity index (χ1n) is 7.89. The molecular weight excluding hydrogens is 344 g/mol. The molecule has 1 aromatic heterocycles. The summed E-state index contributed by atoms with van der Waals surface area (Å²) >= 11 is 1.65. The Hall–Kier alpha value is -1.86. The molecule has 7 heteroatoms. The zero-order valence-electron chi connectivity index (χ0n) is 13.5. The van der Waals surface area contributed by atoms with Gasteiger partial charge in [0.1, 0.15) is 0 Å². The van der Waals surface area contributed by atoms with E-state index in [1.165, 1.54) is 9.18 Å². The van der Waals surface area contributed by atoms with Gasteiger partial charge in [-0.3, -0.25) is 9.10 Å². The minimum Gasteiger partial charge on any atom is -0.326 e. The summed E-state index contributed by atoms with van der Waals surface area (Å²) in [6, 6.07) is 9.36. The fourth-order valence-electron chi connectivity index (χ4n) is 2.84. The topological polar surface area (TPSA) is 66.5 Å². The number of nitrogens with zero attached hydrogens (tertiary/aromatic N) is 1. The van der Waals surface area contributed by atoms with Crippen LogP contribution in [0.5, 0.6) is 0 Å². The third kappa shape index (κ3) is 3.79. The Kier molecular flexibility index (Phi) is 4.91. The van der Waals surface area contributed by atoms with E-state index < -0.39 is 10.0 Å². The molecule has 1 aliphatic rings. The van der Waals surface area contributed by atoms with Crippen molar-refractivity contribution in [2.45, 2.75) is 26.2 Å². The van der Waals surface area contributed by atoms with Crippen molar-refractivity contribution in [3.63, 3.8) is 0 Å². The van der Waals surface area contributed by atoms with Crippen molar-refractivity contribution in [2.24, 2.45) is 0 Å². The normalized spacial score (nSPS) is 16.3. The highest BCUT2D eigenvalue weighted by Gasteiger charge is 2.29. The smallest absolute Gasteiger partial charge is 0.235 e. The van der Waals surface area contributed by atoms with Gasteiger partial charge >= 0.3 is 0 Å². The van der Waals surface area contributed by atoms with Crippen LogP contribution in [0.4, 0.5) is 11.4 Å². The van der Waals surface area contributed by atoms with Gasteiger partial charge in [0.15, 0.2) is 0 Å². The third-order valence-electron chi connectivity index (χ3n) is 4.03. The molecule has 1 aliphatic heterocycles. The highest BCUT2D eigenvalue weighted by atomic mass is 32.2. The van der Waals surface area contributed by atoms with Gasteiger partial charge in [0.05, 0.1) is 11.4 Å². The Labute approximate surface area is 146 Å². The van der Waals surface area contributed by atoms with E-state index in [0.29, 0.717) is 30.8 Å². The molecule has 0 aliphatic carbocycles. The molecule has 0 radical (unpaired) electrons. The van der Waals surface area contributed by atoms with Crippen molar-refractivity contribution in [1.82, 2.24) is 0 Å².